The third-order valence-electron chi connectivity index (χ3n) is 2.10. The molecule has 2 N–H and O–H groups in total. The van der Waals surface area contributed by atoms with Crippen LogP contribution in [0.1, 0.15) is 0 Å². The van der Waals surface area contributed by atoms with Gasteiger partial charge < -0.3 is 0 Å². The van der Waals surface area contributed by atoms with Crippen LogP contribution >= 0.6 is 94.0 Å². The fourth-order valence-electron chi connectivity index (χ4n) is 1.22. The number of carbonyl (C=O) groups is 2. The van der Waals surface area contributed by atoms with Gasteiger partial charge in [-0.05, 0) is 21.6 Å². The number of hydrazine groups is 2. The molecular weight excluding hydrogens is 441 g/mol. The van der Waals surface area contributed by atoms with Crippen LogP contribution in [0.2, 0.25) is 0 Å². The maximum atomic E-state index is 11.5. The van der Waals surface area contributed by atoms with Gasteiger partial charge in [0.15, 0.2) is 17.3 Å². The third kappa shape index (κ3) is 4.90. The summed E-state index contributed by atoms with van der Waals surface area (Å²) in [6.45, 7) is 0. The van der Waals surface area contributed by atoms with Crippen LogP contribution in [0, 0.1) is 0 Å². The molecule has 2 aliphatic heterocycles. The fraction of sp³-hybridized carbons (Fsp3) is 0.250. The van der Waals surface area contributed by atoms with E-state index in [1.807, 2.05) is 0 Å². The summed E-state index contributed by atoms with van der Waals surface area (Å²) in [4.78, 5) is 23.1. The maximum absolute atomic E-state index is 11.5. The molecule has 0 radical (unpaired) electrons. The molecule has 22 heavy (non-hydrogen) atoms. The highest BCUT2D eigenvalue weighted by Gasteiger charge is 2.29. The van der Waals surface area contributed by atoms with Crippen molar-refractivity contribution < 1.29 is 9.59 Å². The Balaban J connectivity index is 1.75. The number of nitrogens with one attached hydrogen (secondary N) is 2. The van der Waals surface area contributed by atoms with Crippen LogP contribution in [0.15, 0.2) is 0 Å². The van der Waals surface area contributed by atoms with Crippen LogP contribution in [0.5, 0.6) is 0 Å². The minimum absolute atomic E-state index is 0.145. The highest BCUT2D eigenvalue weighted by molar-refractivity contribution is 8.89. The van der Waals surface area contributed by atoms with E-state index >= 15 is 0 Å². The molecule has 0 unspecified atom stereocenters. The molecule has 2 rings (SSSR count). The predicted molar refractivity (Wildman–Crippen MR) is 110 cm³/mol. The lowest BCUT2D eigenvalue weighted by molar-refractivity contribution is -0.125. The summed E-state index contributed by atoms with van der Waals surface area (Å²) >= 11 is 22.8. The molecule has 118 valence electrons. The summed E-state index contributed by atoms with van der Waals surface area (Å²) < 4.78 is 1.53. The van der Waals surface area contributed by atoms with Crippen molar-refractivity contribution in [1.82, 2.24) is 20.9 Å². The Morgan fingerprint density at radius 2 is 1.27 bits per heavy atom. The van der Waals surface area contributed by atoms with E-state index in [4.69, 9.17) is 48.9 Å². The zero-order valence-corrected chi connectivity index (χ0v) is 16.9. The molecule has 2 saturated heterocycles. The molecule has 0 saturated carbocycles. The minimum Gasteiger partial charge on any atom is -0.273 e. The normalized spacial score (nSPS) is 18.2. The van der Waals surface area contributed by atoms with Gasteiger partial charge in [-0.2, -0.15) is 0 Å². The summed E-state index contributed by atoms with van der Waals surface area (Å²) in [5, 5.41) is 2.48. The lowest BCUT2D eigenvalue weighted by atomic mass is 10.7. The molecule has 0 spiro atoms. The smallest absolute Gasteiger partial charge is 0.257 e. The Kier molecular flexibility index (Phi) is 7.13. The number of hydrogen-bond donors (Lipinski definition) is 2. The largest absolute Gasteiger partial charge is 0.273 e. The third-order valence-corrected chi connectivity index (χ3v) is 7.95. The lowest BCUT2D eigenvalue weighted by Crippen LogP contribution is -2.44. The van der Waals surface area contributed by atoms with Crippen molar-refractivity contribution in [3.8, 4) is 0 Å². The van der Waals surface area contributed by atoms with Crippen molar-refractivity contribution in [2.75, 3.05) is 11.5 Å². The summed E-state index contributed by atoms with van der Waals surface area (Å²) in [6.07, 6.45) is 0. The van der Waals surface area contributed by atoms with Crippen molar-refractivity contribution in [2.24, 2.45) is 0 Å². The summed E-state index contributed by atoms with van der Waals surface area (Å²) in [7, 11) is 2.29. The average Bonchev–Trinajstić information content (AvgIpc) is 2.95. The molecule has 0 bridgehead atoms. The second-order valence-electron chi connectivity index (χ2n) is 3.53. The van der Waals surface area contributed by atoms with E-state index in [-0.39, 0.29) is 11.8 Å². The number of thiocarbonyl (C=S) groups is 4. The monoisotopic (exact) mass is 446 g/mol. The highest BCUT2D eigenvalue weighted by Crippen LogP contribution is 2.26. The zero-order chi connectivity index (χ0) is 16.3. The van der Waals surface area contributed by atoms with Crippen LogP contribution in [-0.4, -0.2) is 50.6 Å². The van der Waals surface area contributed by atoms with Crippen molar-refractivity contribution in [3.05, 3.63) is 0 Å². The van der Waals surface area contributed by atoms with Crippen molar-refractivity contribution in [2.45, 2.75) is 0 Å². The molecule has 2 amide bonds. The average molecular weight is 447 g/mol. The van der Waals surface area contributed by atoms with Crippen LogP contribution in [0.25, 0.3) is 0 Å². The molecular formula is C8H6N4O2S8. The van der Waals surface area contributed by atoms with Crippen LogP contribution in [0.4, 0.5) is 0 Å². The SMILES string of the molecule is O=C1CSC(=S)N1NC(=S)SSC(=S)NN1C(=O)CSC1=S. The van der Waals surface area contributed by atoms with Gasteiger partial charge in [-0.1, -0.05) is 72.4 Å². The second kappa shape index (κ2) is 8.41. The Morgan fingerprint density at radius 3 is 1.55 bits per heavy atom. The molecule has 2 heterocycles. The molecule has 0 aromatic rings. The first-order chi connectivity index (χ1) is 10.4. The Bertz CT molecular complexity index is 498. The molecule has 0 aromatic heterocycles. The number of amides is 2. The van der Waals surface area contributed by atoms with E-state index in [0.29, 0.717) is 28.8 Å². The first kappa shape index (κ1) is 18.6. The van der Waals surface area contributed by atoms with Crippen molar-refractivity contribution in [3.63, 3.8) is 0 Å². The van der Waals surface area contributed by atoms with E-state index < -0.39 is 0 Å². The molecule has 2 aliphatic rings. The molecule has 14 heteroatoms. The fourth-order valence-corrected chi connectivity index (χ4v) is 5.06. The van der Waals surface area contributed by atoms with Crippen molar-refractivity contribution >= 4 is 123 Å². The van der Waals surface area contributed by atoms with Gasteiger partial charge in [-0.15, -0.1) is 0 Å². The van der Waals surface area contributed by atoms with E-state index in [1.54, 1.807) is 0 Å². The minimum atomic E-state index is -0.145. The molecule has 0 aromatic carbocycles. The maximum Gasteiger partial charge on any atom is 0.257 e. The number of nitrogens with zero attached hydrogens (tertiary/aromatic N) is 2. The molecule has 0 atom stereocenters. The molecule has 2 fully saturated rings. The summed E-state index contributed by atoms with van der Waals surface area (Å²) in [5.41, 5.74) is 5.48. The number of hydrogen-bond acceptors (Lipinski definition) is 10. The number of thioether (sulfide) groups is 2. The van der Waals surface area contributed by atoms with E-state index in [0.717, 1.165) is 21.6 Å². The van der Waals surface area contributed by atoms with E-state index in [1.165, 1.54) is 33.5 Å². The molecule has 6 nitrogen and oxygen atoms in total. The van der Waals surface area contributed by atoms with E-state index in [9.17, 15) is 9.59 Å². The Labute approximate surface area is 163 Å². The predicted octanol–water partition coefficient (Wildman–Crippen LogP) is 1.67. The number of carbonyl (C=O) groups excluding carboxylic acids is 2. The van der Waals surface area contributed by atoms with Gasteiger partial charge in [0, 0.05) is 0 Å². The first-order valence-electron chi connectivity index (χ1n) is 5.33. The highest BCUT2D eigenvalue weighted by atomic mass is 33.1. The van der Waals surface area contributed by atoms with Crippen LogP contribution < -0.4 is 10.9 Å². The lowest BCUT2D eigenvalue weighted by Gasteiger charge is -2.19. The zero-order valence-electron chi connectivity index (χ0n) is 10.4. The second-order valence-corrected chi connectivity index (χ2v) is 10.2. The van der Waals surface area contributed by atoms with Gasteiger partial charge in [0.1, 0.15) is 0 Å². The van der Waals surface area contributed by atoms with Gasteiger partial charge in [0.05, 0.1) is 11.5 Å². The summed E-state index contributed by atoms with van der Waals surface area (Å²) in [5.74, 6) is 0.318. The van der Waals surface area contributed by atoms with Crippen LogP contribution in [-0.2, 0) is 9.59 Å². The molecule has 0 aliphatic carbocycles. The van der Waals surface area contributed by atoms with Crippen molar-refractivity contribution in [1.29, 1.82) is 0 Å². The topological polar surface area (TPSA) is 64.7 Å². The number of rotatable bonds is 2. The van der Waals surface area contributed by atoms with Gasteiger partial charge >= 0.3 is 0 Å². The van der Waals surface area contributed by atoms with Gasteiger partial charge in [0.2, 0.25) is 0 Å². The summed E-state index contributed by atoms with van der Waals surface area (Å²) in [6, 6.07) is 0. The van der Waals surface area contributed by atoms with Gasteiger partial charge in [-0.3, -0.25) is 20.4 Å². The van der Waals surface area contributed by atoms with E-state index in [2.05, 4.69) is 10.9 Å². The standard InChI is InChI=1S/C8H6N4O2S8/c13-3-1-19-7(17)11(3)9-5(15)21-22-6(16)10-12-4(14)2-20-8(12)18/h1-2H2,(H,9,15)(H,10,16). The van der Waals surface area contributed by atoms with Crippen LogP contribution in [0.3, 0.4) is 0 Å². The van der Waals surface area contributed by atoms with Gasteiger partial charge in [-0.25, -0.2) is 10.0 Å². The Hall–Kier alpha value is 0.300. The van der Waals surface area contributed by atoms with Gasteiger partial charge in [0.25, 0.3) is 11.8 Å². The Morgan fingerprint density at radius 1 is 0.909 bits per heavy atom. The first-order valence-corrected chi connectivity index (χ1v) is 11.1. The quantitative estimate of drug-likeness (QED) is 0.479.